The zero-order valence-electron chi connectivity index (χ0n) is 10.0. The molecule has 1 rings (SSSR count). The van der Waals surface area contributed by atoms with Crippen LogP contribution in [0.15, 0.2) is 28.7 Å². The minimum Gasteiger partial charge on any atom is -0.493 e. The minimum atomic E-state index is -0.110. The van der Waals surface area contributed by atoms with E-state index in [2.05, 4.69) is 29.8 Å². The van der Waals surface area contributed by atoms with E-state index in [1.807, 2.05) is 24.3 Å². The largest absolute Gasteiger partial charge is 0.493 e. The number of nitrogens with two attached hydrogens (primary N) is 1. The topological polar surface area (TPSA) is 35.2 Å². The Balaban J connectivity index is 2.35. The molecular formula is C13H20BrNO. The van der Waals surface area contributed by atoms with Gasteiger partial charge in [0.05, 0.1) is 6.61 Å². The molecule has 0 saturated carbocycles. The number of benzene rings is 1. The van der Waals surface area contributed by atoms with Gasteiger partial charge in [-0.2, -0.15) is 0 Å². The Morgan fingerprint density at radius 1 is 1.38 bits per heavy atom. The van der Waals surface area contributed by atoms with Crippen LogP contribution in [0, 0.1) is 0 Å². The second-order valence-electron chi connectivity index (χ2n) is 4.46. The molecule has 0 amide bonds. The molecule has 1 atom stereocenters. The highest BCUT2D eigenvalue weighted by atomic mass is 79.9. The standard InChI is InChI=1S/C13H20BrNO/c1-3-7-13(2,15)8-9-16-12-6-4-5-11(14)10-12/h4-6,10H,3,7-9,15H2,1-2H3. The molecule has 0 aliphatic rings. The van der Waals surface area contributed by atoms with Crippen LogP contribution in [0.4, 0.5) is 0 Å². The van der Waals surface area contributed by atoms with Gasteiger partial charge in [0.2, 0.25) is 0 Å². The SMILES string of the molecule is CCCC(C)(N)CCOc1cccc(Br)c1. The molecule has 0 radical (unpaired) electrons. The van der Waals surface area contributed by atoms with E-state index in [1.165, 1.54) is 0 Å². The zero-order chi connectivity index (χ0) is 12.0. The first-order valence-electron chi connectivity index (χ1n) is 5.71. The Bertz CT molecular complexity index is 325. The normalized spacial score (nSPS) is 14.5. The summed E-state index contributed by atoms with van der Waals surface area (Å²) in [6.45, 7) is 4.91. The molecule has 1 aromatic rings. The summed E-state index contributed by atoms with van der Waals surface area (Å²) in [5.74, 6) is 0.890. The summed E-state index contributed by atoms with van der Waals surface area (Å²) in [5.41, 5.74) is 6.02. The first kappa shape index (κ1) is 13.5. The van der Waals surface area contributed by atoms with E-state index in [0.29, 0.717) is 6.61 Å². The Morgan fingerprint density at radius 3 is 2.75 bits per heavy atom. The molecule has 2 nitrogen and oxygen atoms in total. The van der Waals surface area contributed by atoms with E-state index in [4.69, 9.17) is 10.5 Å². The molecule has 1 unspecified atom stereocenters. The summed E-state index contributed by atoms with van der Waals surface area (Å²) < 4.78 is 6.70. The third-order valence-corrected chi connectivity index (χ3v) is 3.05. The molecule has 2 N–H and O–H groups in total. The Morgan fingerprint density at radius 2 is 2.12 bits per heavy atom. The van der Waals surface area contributed by atoms with Gasteiger partial charge in [-0.3, -0.25) is 0 Å². The van der Waals surface area contributed by atoms with Gasteiger partial charge in [0, 0.05) is 10.0 Å². The number of hydrogen-bond donors (Lipinski definition) is 1. The summed E-state index contributed by atoms with van der Waals surface area (Å²) in [4.78, 5) is 0. The van der Waals surface area contributed by atoms with Crippen LogP contribution in [0.5, 0.6) is 5.75 Å². The van der Waals surface area contributed by atoms with Gasteiger partial charge in [-0.15, -0.1) is 0 Å². The van der Waals surface area contributed by atoms with E-state index < -0.39 is 0 Å². The lowest BCUT2D eigenvalue weighted by molar-refractivity contribution is 0.258. The molecule has 0 heterocycles. The van der Waals surface area contributed by atoms with Gasteiger partial charge in [0.25, 0.3) is 0 Å². The fraction of sp³-hybridized carbons (Fsp3) is 0.538. The number of halogens is 1. The van der Waals surface area contributed by atoms with Crippen molar-refractivity contribution in [3.05, 3.63) is 28.7 Å². The molecule has 1 aromatic carbocycles. The molecule has 0 aliphatic carbocycles. The maximum absolute atomic E-state index is 6.13. The van der Waals surface area contributed by atoms with Crippen molar-refractivity contribution in [2.75, 3.05) is 6.61 Å². The van der Waals surface area contributed by atoms with E-state index in [0.717, 1.165) is 29.5 Å². The van der Waals surface area contributed by atoms with Crippen LogP contribution in [0.3, 0.4) is 0 Å². The van der Waals surface area contributed by atoms with Gasteiger partial charge in [-0.05, 0) is 38.0 Å². The summed E-state index contributed by atoms with van der Waals surface area (Å²) in [6, 6.07) is 7.87. The number of ether oxygens (including phenoxy) is 1. The fourth-order valence-corrected chi connectivity index (χ4v) is 2.03. The van der Waals surface area contributed by atoms with Crippen LogP contribution in [0.1, 0.15) is 33.1 Å². The molecule has 3 heteroatoms. The summed E-state index contributed by atoms with van der Waals surface area (Å²) in [5, 5.41) is 0. The van der Waals surface area contributed by atoms with E-state index >= 15 is 0 Å². The lowest BCUT2D eigenvalue weighted by Crippen LogP contribution is -2.37. The van der Waals surface area contributed by atoms with E-state index in [9.17, 15) is 0 Å². The van der Waals surface area contributed by atoms with Crippen molar-refractivity contribution in [2.45, 2.75) is 38.6 Å². The highest BCUT2D eigenvalue weighted by Crippen LogP contribution is 2.19. The highest BCUT2D eigenvalue weighted by molar-refractivity contribution is 9.10. The molecule has 90 valence electrons. The molecule has 0 spiro atoms. The van der Waals surface area contributed by atoms with Gasteiger partial charge in [-0.1, -0.05) is 35.3 Å². The van der Waals surface area contributed by atoms with E-state index in [-0.39, 0.29) is 5.54 Å². The monoisotopic (exact) mass is 285 g/mol. The maximum atomic E-state index is 6.13. The molecular weight excluding hydrogens is 266 g/mol. The molecule has 0 saturated heterocycles. The number of rotatable bonds is 6. The van der Waals surface area contributed by atoms with Crippen molar-refractivity contribution < 1.29 is 4.74 Å². The lowest BCUT2D eigenvalue weighted by Gasteiger charge is -2.23. The first-order chi connectivity index (χ1) is 7.53. The Hall–Kier alpha value is -0.540. The van der Waals surface area contributed by atoms with Gasteiger partial charge >= 0.3 is 0 Å². The second kappa shape index (κ2) is 6.26. The van der Waals surface area contributed by atoms with Crippen LogP contribution in [0.2, 0.25) is 0 Å². The van der Waals surface area contributed by atoms with Gasteiger partial charge in [0.1, 0.15) is 5.75 Å². The van der Waals surface area contributed by atoms with E-state index in [1.54, 1.807) is 0 Å². The van der Waals surface area contributed by atoms with Crippen molar-refractivity contribution in [2.24, 2.45) is 5.73 Å². The highest BCUT2D eigenvalue weighted by Gasteiger charge is 2.16. The minimum absolute atomic E-state index is 0.110. The van der Waals surface area contributed by atoms with Crippen molar-refractivity contribution in [1.29, 1.82) is 0 Å². The average Bonchev–Trinajstić information content (AvgIpc) is 2.17. The third-order valence-electron chi connectivity index (χ3n) is 2.56. The third kappa shape index (κ3) is 4.99. The van der Waals surface area contributed by atoms with Crippen LogP contribution < -0.4 is 10.5 Å². The molecule has 16 heavy (non-hydrogen) atoms. The van der Waals surface area contributed by atoms with Crippen molar-refractivity contribution in [3.8, 4) is 5.75 Å². The zero-order valence-corrected chi connectivity index (χ0v) is 11.6. The predicted molar refractivity (Wildman–Crippen MR) is 71.8 cm³/mol. The smallest absolute Gasteiger partial charge is 0.120 e. The second-order valence-corrected chi connectivity index (χ2v) is 5.38. The number of hydrogen-bond acceptors (Lipinski definition) is 2. The van der Waals surface area contributed by atoms with Crippen LogP contribution in [-0.4, -0.2) is 12.1 Å². The molecule has 0 aromatic heterocycles. The predicted octanol–water partition coefficient (Wildman–Crippen LogP) is 3.74. The van der Waals surface area contributed by atoms with Crippen molar-refractivity contribution >= 4 is 15.9 Å². The lowest BCUT2D eigenvalue weighted by atomic mass is 9.94. The Labute approximate surface area is 106 Å². The molecule has 0 fully saturated rings. The molecule has 0 bridgehead atoms. The summed E-state index contributed by atoms with van der Waals surface area (Å²) >= 11 is 3.41. The van der Waals surface area contributed by atoms with Crippen LogP contribution >= 0.6 is 15.9 Å². The first-order valence-corrected chi connectivity index (χ1v) is 6.50. The van der Waals surface area contributed by atoms with Crippen molar-refractivity contribution in [1.82, 2.24) is 0 Å². The van der Waals surface area contributed by atoms with Crippen LogP contribution in [-0.2, 0) is 0 Å². The average molecular weight is 286 g/mol. The summed E-state index contributed by atoms with van der Waals surface area (Å²) in [7, 11) is 0. The Kier molecular flexibility index (Phi) is 5.29. The fourth-order valence-electron chi connectivity index (χ4n) is 1.65. The van der Waals surface area contributed by atoms with Gasteiger partial charge in [-0.25, -0.2) is 0 Å². The maximum Gasteiger partial charge on any atom is 0.120 e. The van der Waals surface area contributed by atoms with Gasteiger partial charge < -0.3 is 10.5 Å². The van der Waals surface area contributed by atoms with Gasteiger partial charge in [0.15, 0.2) is 0 Å². The quantitative estimate of drug-likeness (QED) is 0.864. The van der Waals surface area contributed by atoms with Crippen molar-refractivity contribution in [3.63, 3.8) is 0 Å². The van der Waals surface area contributed by atoms with Crippen LogP contribution in [0.25, 0.3) is 0 Å². The molecule has 0 aliphatic heterocycles. The summed E-state index contributed by atoms with van der Waals surface area (Å²) in [6.07, 6.45) is 3.03.